The number of amides is 1. The van der Waals surface area contributed by atoms with Crippen LogP contribution < -0.4 is 19.6 Å². The van der Waals surface area contributed by atoms with Gasteiger partial charge in [-0.1, -0.05) is 48.5 Å². The molecule has 0 heterocycles. The Bertz CT molecular complexity index is 1020. The number of benzene rings is 3. The maximum atomic E-state index is 12.1. The van der Waals surface area contributed by atoms with Gasteiger partial charge in [-0.2, -0.15) is 5.10 Å². The number of hydrogen-bond acceptors (Lipinski definition) is 5. The maximum absolute atomic E-state index is 12.1. The van der Waals surface area contributed by atoms with E-state index in [1.165, 1.54) is 6.21 Å². The highest BCUT2D eigenvalue weighted by molar-refractivity contribution is 5.86. The summed E-state index contributed by atoms with van der Waals surface area (Å²) in [4.78, 5) is 12.1. The van der Waals surface area contributed by atoms with E-state index in [0.717, 1.165) is 11.1 Å². The van der Waals surface area contributed by atoms with Crippen LogP contribution in [0.15, 0.2) is 77.9 Å². The van der Waals surface area contributed by atoms with Crippen molar-refractivity contribution < 1.29 is 19.0 Å². The van der Waals surface area contributed by atoms with Crippen molar-refractivity contribution in [1.82, 2.24) is 5.43 Å². The smallest absolute Gasteiger partial charge is 0.277 e. The van der Waals surface area contributed by atoms with Crippen molar-refractivity contribution in [2.24, 2.45) is 5.10 Å². The van der Waals surface area contributed by atoms with E-state index < -0.39 is 0 Å². The molecule has 0 aliphatic carbocycles. The van der Waals surface area contributed by atoms with E-state index in [4.69, 9.17) is 14.2 Å². The summed E-state index contributed by atoms with van der Waals surface area (Å²) in [5.74, 6) is 1.43. The summed E-state index contributed by atoms with van der Waals surface area (Å²) in [6.45, 7) is 3.72. The molecule has 160 valence electrons. The monoisotopic (exact) mass is 418 g/mol. The van der Waals surface area contributed by atoms with Crippen molar-refractivity contribution in [2.45, 2.75) is 20.0 Å². The van der Waals surface area contributed by atoms with Crippen molar-refractivity contribution in [3.05, 3.63) is 78.4 Å². The number of para-hydroxylation sites is 1. The lowest BCUT2D eigenvalue weighted by atomic mass is 10.1. The predicted molar refractivity (Wildman–Crippen MR) is 122 cm³/mol. The lowest BCUT2D eigenvalue weighted by Crippen LogP contribution is -2.24. The number of rotatable bonds is 9. The van der Waals surface area contributed by atoms with Gasteiger partial charge in [0.2, 0.25) is 0 Å². The SMILES string of the molecule is COc1cccc(/C=N\NC(=O)COc2ccc(-c3ccccc3)cc2)c1OC(C)C. The van der Waals surface area contributed by atoms with E-state index in [1.807, 2.05) is 86.6 Å². The van der Waals surface area contributed by atoms with Gasteiger partial charge in [0.25, 0.3) is 5.91 Å². The van der Waals surface area contributed by atoms with Gasteiger partial charge in [-0.3, -0.25) is 4.79 Å². The zero-order valence-corrected chi connectivity index (χ0v) is 17.9. The van der Waals surface area contributed by atoms with Crippen molar-refractivity contribution in [1.29, 1.82) is 0 Å². The molecule has 0 atom stereocenters. The molecule has 0 saturated carbocycles. The zero-order valence-electron chi connectivity index (χ0n) is 17.9. The van der Waals surface area contributed by atoms with E-state index in [9.17, 15) is 4.79 Å². The Kier molecular flexibility index (Phi) is 7.65. The summed E-state index contributed by atoms with van der Waals surface area (Å²) in [5, 5.41) is 4.01. The highest BCUT2D eigenvalue weighted by Gasteiger charge is 2.11. The molecule has 0 aliphatic heterocycles. The number of nitrogens with one attached hydrogen (secondary N) is 1. The number of hydrogen-bond donors (Lipinski definition) is 1. The summed E-state index contributed by atoms with van der Waals surface area (Å²) in [5.41, 5.74) is 5.37. The van der Waals surface area contributed by atoms with Crippen LogP contribution in [0.4, 0.5) is 0 Å². The number of ether oxygens (including phenoxy) is 3. The molecule has 31 heavy (non-hydrogen) atoms. The van der Waals surface area contributed by atoms with Crippen molar-refractivity contribution in [2.75, 3.05) is 13.7 Å². The lowest BCUT2D eigenvalue weighted by molar-refractivity contribution is -0.123. The highest BCUT2D eigenvalue weighted by atomic mass is 16.5. The fourth-order valence-corrected chi connectivity index (χ4v) is 2.89. The van der Waals surface area contributed by atoms with Gasteiger partial charge in [0.05, 0.1) is 19.4 Å². The Morgan fingerprint density at radius 2 is 1.68 bits per heavy atom. The van der Waals surface area contributed by atoms with Crippen LogP contribution >= 0.6 is 0 Å². The first-order chi connectivity index (χ1) is 15.1. The van der Waals surface area contributed by atoms with Crippen LogP contribution in [0, 0.1) is 0 Å². The third-order valence-corrected chi connectivity index (χ3v) is 4.31. The van der Waals surface area contributed by atoms with Gasteiger partial charge >= 0.3 is 0 Å². The lowest BCUT2D eigenvalue weighted by Gasteiger charge is -2.15. The molecule has 0 radical (unpaired) electrons. The summed E-state index contributed by atoms with van der Waals surface area (Å²) < 4.78 is 16.7. The Labute approximate surface area is 182 Å². The fourth-order valence-electron chi connectivity index (χ4n) is 2.89. The number of hydrazone groups is 1. The average Bonchev–Trinajstić information content (AvgIpc) is 2.79. The largest absolute Gasteiger partial charge is 0.493 e. The predicted octanol–water partition coefficient (Wildman–Crippen LogP) is 4.68. The van der Waals surface area contributed by atoms with Gasteiger partial charge in [0, 0.05) is 5.56 Å². The van der Waals surface area contributed by atoms with Crippen molar-refractivity contribution in [3.63, 3.8) is 0 Å². The molecular weight excluding hydrogens is 392 g/mol. The molecule has 1 amide bonds. The minimum Gasteiger partial charge on any atom is -0.493 e. The molecule has 0 spiro atoms. The van der Waals surface area contributed by atoms with Crippen molar-refractivity contribution in [3.8, 4) is 28.4 Å². The van der Waals surface area contributed by atoms with E-state index in [2.05, 4.69) is 10.5 Å². The topological polar surface area (TPSA) is 69.2 Å². The molecule has 0 bridgehead atoms. The van der Waals surface area contributed by atoms with Crippen LogP contribution in [0.2, 0.25) is 0 Å². The number of carbonyl (C=O) groups excluding carboxylic acids is 1. The Balaban J connectivity index is 1.54. The molecule has 0 aliphatic rings. The van der Waals surface area contributed by atoms with Crippen LogP contribution in [0.3, 0.4) is 0 Å². The third kappa shape index (κ3) is 6.34. The van der Waals surface area contributed by atoms with Gasteiger partial charge in [-0.15, -0.1) is 0 Å². The quantitative estimate of drug-likeness (QED) is 0.405. The van der Waals surface area contributed by atoms with Crippen LogP contribution in [-0.4, -0.2) is 31.9 Å². The number of methoxy groups -OCH3 is 1. The molecule has 6 heteroatoms. The minimum absolute atomic E-state index is 0.0280. The fraction of sp³-hybridized carbons (Fsp3) is 0.200. The van der Waals surface area contributed by atoms with E-state index >= 15 is 0 Å². The van der Waals surface area contributed by atoms with E-state index in [1.54, 1.807) is 7.11 Å². The number of carbonyl (C=O) groups is 1. The second kappa shape index (κ2) is 10.8. The molecule has 0 aromatic heterocycles. The standard InChI is InChI=1S/C25H26N2O4/c1-18(2)31-25-21(10-7-11-23(25)29-3)16-26-27-24(28)17-30-22-14-12-20(13-15-22)19-8-5-4-6-9-19/h4-16,18H,17H2,1-3H3,(H,27,28)/b26-16-. The van der Waals surface area contributed by atoms with Gasteiger partial charge < -0.3 is 14.2 Å². The summed E-state index contributed by atoms with van der Waals surface area (Å²) in [6, 6.07) is 23.1. The Morgan fingerprint density at radius 3 is 2.35 bits per heavy atom. The molecule has 3 aromatic carbocycles. The first-order valence-corrected chi connectivity index (χ1v) is 10.0. The van der Waals surface area contributed by atoms with Crippen LogP contribution in [0.25, 0.3) is 11.1 Å². The first-order valence-electron chi connectivity index (χ1n) is 10.0. The van der Waals surface area contributed by atoms with Crippen molar-refractivity contribution >= 4 is 12.1 Å². The second-order valence-corrected chi connectivity index (χ2v) is 7.02. The van der Waals surface area contributed by atoms with Crippen LogP contribution in [0.1, 0.15) is 19.4 Å². The minimum atomic E-state index is -0.363. The average molecular weight is 418 g/mol. The van der Waals surface area contributed by atoms with Gasteiger partial charge in [0.1, 0.15) is 5.75 Å². The summed E-state index contributed by atoms with van der Waals surface area (Å²) in [6.07, 6.45) is 1.49. The number of nitrogens with zero attached hydrogens (tertiary/aromatic N) is 1. The highest BCUT2D eigenvalue weighted by Crippen LogP contribution is 2.31. The summed E-state index contributed by atoms with van der Waals surface area (Å²) in [7, 11) is 1.58. The molecule has 1 N–H and O–H groups in total. The molecule has 0 unspecified atom stereocenters. The molecular formula is C25H26N2O4. The Morgan fingerprint density at radius 1 is 0.968 bits per heavy atom. The third-order valence-electron chi connectivity index (χ3n) is 4.31. The normalized spacial score (nSPS) is 10.8. The maximum Gasteiger partial charge on any atom is 0.277 e. The van der Waals surface area contributed by atoms with E-state index in [-0.39, 0.29) is 18.6 Å². The van der Waals surface area contributed by atoms with Crippen LogP contribution in [-0.2, 0) is 4.79 Å². The zero-order chi connectivity index (χ0) is 22.1. The summed E-state index contributed by atoms with van der Waals surface area (Å²) >= 11 is 0. The molecule has 3 rings (SSSR count). The first kappa shape index (κ1) is 21.9. The van der Waals surface area contributed by atoms with Gasteiger partial charge in [-0.05, 0) is 49.2 Å². The molecule has 0 fully saturated rings. The second-order valence-electron chi connectivity index (χ2n) is 7.02. The van der Waals surface area contributed by atoms with Crippen LogP contribution in [0.5, 0.6) is 17.2 Å². The van der Waals surface area contributed by atoms with E-state index in [0.29, 0.717) is 22.8 Å². The molecule has 3 aromatic rings. The van der Waals surface area contributed by atoms with Gasteiger partial charge in [0.15, 0.2) is 18.1 Å². The molecule has 0 saturated heterocycles. The van der Waals surface area contributed by atoms with Gasteiger partial charge in [-0.25, -0.2) is 5.43 Å². The Hall–Kier alpha value is -3.80. The molecule has 6 nitrogen and oxygen atoms in total.